The molecule has 0 spiro atoms. The Hall–Kier alpha value is -1.27. The minimum absolute atomic E-state index is 0.216. The van der Waals surface area contributed by atoms with E-state index in [-0.39, 0.29) is 6.42 Å². The van der Waals surface area contributed by atoms with Gasteiger partial charge in [0.15, 0.2) is 0 Å². The Labute approximate surface area is 110 Å². The number of aliphatic hydroxyl groups is 1. The highest BCUT2D eigenvalue weighted by Gasteiger charge is 1.96. The summed E-state index contributed by atoms with van der Waals surface area (Å²) in [6, 6.07) is 0. The van der Waals surface area contributed by atoms with Crippen LogP contribution in [-0.4, -0.2) is 22.3 Å². The van der Waals surface area contributed by atoms with Gasteiger partial charge in [-0.3, -0.25) is 4.79 Å². The molecule has 0 saturated carbocycles. The quantitative estimate of drug-likeness (QED) is 0.489. The molecule has 0 aromatic rings. The van der Waals surface area contributed by atoms with Gasteiger partial charge in [0.1, 0.15) is 0 Å². The lowest BCUT2D eigenvalue weighted by Crippen LogP contribution is -2.00. The van der Waals surface area contributed by atoms with Crippen LogP contribution < -0.4 is 0 Å². The van der Waals surface area contributed by atoms with Gasteiger partial charge in [-0.05, 0) is 31.4 Å². The number of hydrogen-bond donors (Lipinski definition) is 2. The third kappa shape index (κ3) is 12.8. The lowest BCUT2D eigenvalue weighted by molar-refractivity contribution is -0.137. The first-order chi connectivity index (χ1) is 8.66. The standard InChI is InChI=1S/C15H24O3/c1-2-3-8-11-14(16)12-9-6-4-5-7-10-13-15(17)18/h9,12,14,16H,2-3,5,7-8,10-11,13H2,1H3,(H,17,18)/b12-9+/t14-/m0/s1. The molecule has 0 fully saturated rings. The summed E-state index contributed by atoms with van der Waals surface area (Å²) in [6.07, 6.45) is 9.59. The molecule has 3 nitrogen and oxygen atoms in total. The van der Waals surface area contributed by atoms with Crippen molar-refractivity contribution in [1.29, 1.82) is 0 Å². The van der Waals surface area contributed by atoms with E-state index in [1.54, 1.807) is 12.2 Å². The van der Waals surface area contributed by atoms with E-state index >= 15 is 0 Å². The number of carbonyl (C=O) groups is 1. The fourth-order valence-corrected chi connectivity index (χ4v) is 1.48. The molecule has 0 rings (SSSR count). The van der Waals surface area contributed by atoms with E-state index in [1.165, 1.54) is 0 Å². The molecule has 0 aliphatic heterocycles. The summed E-state index contributed by atoms with van der Waals surface area (Å²) in [5.74, 6) is 5.05. The van der Waals surface area contributed by atoms with Crippen LogP contribution in [0.15, 0.2) is 12.2 Å². The number of hydrogen-bond acceptors (Lipinski definition) is 2. The monoisotopic (exact) mass is 252 g/mol. The molecule has 0 aliphatic carbocycles. The number of unbranched alkanes of at least 4 members (excludes halogenated alkanes) is 4. The SMILES string of the molecule is CCCCC[C@H](O)/C=C/C#CCCCCC(=O)O. The molecular formula is C15H24O3. The smallest absolute Gasteiger partial charge is 0.303 e. The van der Waals surface area contributed by atoms with Crippen LogP contribution in [0.25, 0.3) is 0 Å². The average molecular weight is 252 g/mol. The minimum Gasteiger partial charge on any atom is -0.481 e. The number of aliphatic hydroxyl groups excluding tert-OH is 1. The predicted octanol–water partition coefficient (Wildman–Crippen LogP) is 3.13. The van der Waals surface area contributed by atoms with Gasteiger partial charge < -0.3 is 10.2 Å². The molecule has 0 heterocycles. The first-order valence-corrected chi connectivity index (χ1v) is 6.71. The number of aliphatic carboxylic acids is 1. The van der Waals surface area contributed by atoms with E-state index in [0.717, 1.165) is 32.1 Å². The lowest BCUT2D eigenvalue weighted by atomic mass is 10.1. The molecule has 1 atom stereocenters. The second-order valence-corrected chi connectivity index (χ2v) is 4.34. The molecule has 0 bridgehead atoms. The molecule has 0 saturated heterocycles. The van der Waals surface area contributed by atoms with E-state index in [2.05, 4.69) is 18.8 Å². The van der Waals surface area contributed by atoms with Crippen molar-refractivity contribution in [1.82, 2.24) is 0 Å². The van der Waals surface area contributed by atoms with Crippen molar-refractivity contribution in [2.75, 3.05) is 0 Å². The third-order valence-electron chi connectivity index (χ3n) is 2.55. The summed E-state index contributed by atoms with van der Waals surface area (Å²) in [5, 5.41) is 18.0. The van der Waals surface area contributed by atoms with Crippen LogP contribution in [0.3, 0.4) is 0 Å². The van der Waals surface area contributed by atoms with E-state index in [0.29, 0.717) is 12.8 Å². The first kappa shape index (κ1) is 16.7. The van der Waals surface area contributed by atoms with Gasteiger partial charge in [0.05, 0.1) is 6.10 Å². The van der Waals surface area contributed by atoms with Crippen LogP contribution in [0.4, 0.5) is 0 Å². The van der Waals surface area contributed by atoms with E-state index < -0.39 is 12.1 Å². The summed E-state index contributed by atoms with van der Waals surface area (Å²) < 4.78 is 0. The van der Waals surface area contributed by atoms with Gasteiger partial charge >= 0.3 is 5.97 Å². The van der Waals surface area contributed by atoms with Gasteiger partial charge in [-0.25, -0.2) is 0 Å². The normalized spacial score (nSPS) is 12.1. The molecular weight excluding hydrogens is 228 g/mol. The zero-order valence-corrected chi connectivity index (χ0v) is 11.2. The highest BCUT2D eigenvalue weighted by Crippen LogP contribution is 2.04. The molecule has 0 unspecified atom stereocenters. The van der Waals surface area contributed by atoms with E-state index in [9.17, 15) is 9.90 Å². The number of carboxylic acids is 1. The zero-order valence-electron chi connectivity index (χ0n) is 11.2. The predicted molar refractivity (Wildman–Crippen MR) is 73.2 cm³/mol. The Morgan fingerprint density at radius 2 is 2.06 bits per heavy atom. The molecule has 0 aromatic heterocycles. The van der Waals surface area contributed by atoms with Crippen molar-refractivity contribution >= 4 is 5.97 Å². The van der Waals surface area contributed by atoms with Crippen molar-refractivity contribution in [2.24, 2.45) is 0 Å². The van der Waals surface area contributed by atoms with E-state index in [4.69, 9.17) is 5.11 Å². The summed E-state index contributed by atoms with van der Waals surface area (Å²) in [4.78, 5) is 10.2. The van der Waals surface area contributed by atoms with Crippen molar-refractivity contribution < 1.29 is 15.0 Å². The number of carboxylic acid groups (broad SMARTS) is 1. The van der Waals surface area contributed by atoms with E-state index in [1.807, 2.05) is 0 Å². The van der Waals surface area contributed by atoms with Crippen LogP contribution in [0.5, 0.6) is 0 Å². The lowest BCUT2D eigenvalue weighted by Gasteiger charge is -2.02. The molecule has 0 radical (unpaired) electrons. The number of rotatable bonds is 9. The Kier molecular flexibility index (Phi) is 11.3. The zero-order chi connectivity index (χ0) is 13.6. The molecule has 0 amide bonds. The Morgan fingerprint density at radius 1 is 1.28 bits per heavy atom. The van der Waals surface area contributed by atoms with Crippen LogP contribution in [0.1, 0.15) is 58.3 Å². The van der Waals surface area contributed by atoms with Crippen LogP contribution in [-0.2, 0) is 4.79 Å². The molecule has 0 aliphatic rings. The summed E-state index contributed by atoms with van der Waals surface area (Å²) >= 11 is 0. The van der Waals surface area contributed by atoms with Crippen molar-refractivity contribution in [3.8, 4) is 11.8 Å². The highest BCUT2D eigenvalue weighted by atomic mass is 16.4. The fourth-order valence-electron chi connectivity index (χ4n) is 1.48. The summed E-state index contributed by atoms with van der Waals surface area (Å²) in [6.45, 7) is 2.14. The second-order valence-electron chi connectivity index (χ2n) is 4.34. The Morgan fingerprint density at radius 3 is 2.72 bits per heavy atom. The maximum Gasteiger partial charge on any atom is 0.303 e. The maximum absolute atomic E-state index is 10.2. The van der Waals surface area contributed by atoms with Crippen molar-refractivity contribution in [2.45, 2.75) is 64.4 Å². The number of allylic oxidation sites excluding steroid dienone is 1. The van der Waals surface area contributed by atoms with Crippen molar-refractivity contribution in [3.05, 3.63) is 12.2 Å². The fraction of sp³-hybridized carbons (Fsp3) is 0.667. The first-order valence-electron chi connectivity index (χ1n) is 6.71. The van der Waals surface area contributed by atoms with Gasteiger partial charge in [-0.2, -0.15) is 0 Å². The maximum atomic E-state index is 10.2. The van der Waals surface area contributed by atoms with Gasteiger partial charge in [-0.1, -0.05) is 38.0 Å². The summed E-state index contributed by atoms with van der Waals surface area (Å²) in [5.41, 5.74) is 0. The van der Waals surface area contributed by atoms with Gasteiger partial charge in [-0.15, -0.1) is 0 Å². The van der Waals surface area contributed by atoms with Crippen molar-refractivity contribution in [3.63, 3.8) is 0 Å². The molecule has 18 heavy (non-hydrogen) atoms. The van der Waals surface area contributed by atoms with Crippen LogP contribution in [0, 0.1) is 11.8 Å². The molecule has 0 aromatic carbocycles. The third-order valence-corrected chi connectivity index (χ3v) is 2.55. The van der Waals surface area contributed by atoms with Gasteiger partial charge in [0.25, 0.3) is 0 Å². The molecule has 2 N–H and O–H groups in total. The Bertz CT molecular complexity index is 297. The minimum atomic E-state index is -0.752. The summed E-state index contributed by atoms with van der Waals surface area (Å²) in [7, 11) is 0. The van der Waals surface area contributed by atoms with Crippen LogP contribution in [0.2, 0.25) is 0 Å². The average Bonchev–Trinajstić information content (AvgIpc) is 2.32. The largest absolute Gasteiger partial charge is 0.481 e. The topological polar surface area (TPSA) is 57.5 Å². The highest BCUT2D eigenvalue weighted by molar-refractivity contribution is 5.66. The van der Waals surface area contributed by atoms with Gasteiger partial charge in [0.2, 0.25) is 0 Å². The molecule has 102 valence electrons. The Balaban J connectivity index is 3.53. The second kappa shape index (κ2) is 12.2. The van der Waals surface area contributed by atoms with Crippen LogP contribution >= 0.6 is 0 Å². The molecule has 3 heteroatoms. The van der Waals surface area contributed by atoms with Gasteiger partial charge in [0, 0.05) is 12.8 Å².